The fourth-order valence-electron chi connectivity index (χ4n) is 1.35. The molecule has 1 aromatic heterocycles. The molecule has 2 N–H and O–H groups in total. The Kier molecular flexibility index (Phi) is 4.45. The summed E-state index contributed by atoms with van der Waals surface area (Å²) in [6.45, 7) is 7.63. The number of thiazole rings is 1. The first-order chi connectivity index (χ1) is 8.23. The van der Waals surface area contributed by atoms with Gasteiger partial charge in [0.1, 0.15) is 4.88 Å². The Balaban J connectivity index is 2.74. The van der Waals surface area contributed by atoms with Gasteiger partial charge in [0.2, 0.25) is 0 Å². The smallest absolute Gasteiger partial charge is 0.308 e. The molecule has 0 saturated carbocycles. The summed E-state index contributed by atoms with van der Waals surface area (Å²) in [4.78, 5) is 27.4. The Morgan fingerprint density at radius 3 is 2.61 bits per heavy atom. The topological polar surface area (TPSA) is 79.3 Å². The number of rotatable bonds is 4. The van der Waals surface area contributed by atoms with Gasteiger partial charge in [0.15, 0.2) is 0 Å². The maximum atomic E-state index is 12.0. The van der Waals surface area contributed by atoms with Gasteiger partial charge in [-0.1, -0.05) is 27.7 Å². The number of amides is 1. The highest BCUT2D eigenvalue weighted by Gasteiger charge is 2.25. The lowest BCUT2D eigenvalue weighted by Gasteiger charge is -2.17. The van der Waals surface area contributed by atoms with Crippen molar-refractivity contribution in [3.63, 3.8) is 0 Å². The van der Waals surface area contributed by atoms with Gasteiger partial charge in [0.25, 0.3) is 5.91 Å². The van der Waals surface area contributed by atoms with Crippen molar-refractivity contribution in [2.45, 2.75) is 33.1 Å². The van der Waals surface area contributed by atoms with Crippen molar-refractivity contribution < 1.29 is 14.7 Å². The largest absolute Gasteiger partial charge is 0.481 e. The molecule has 0 radical (unpaired) electrons. The number of carboxylic acid groups (broad SMARTS) is 1. The molecule has 1 atom stereocenters. The molecule has 0 aliphatic heterocycles. The van der Waals surface area contributed by atoms with Gasteiger partial charge in [0, 0.05) is 12.0 Å². The summed E-state index contributed by atoms with van der Waals surface area (Å²) in [7, 11) is 0. The molecular formula is C12H18N2O3S. The van der Waals surface area contributed by atoms with Crippen molar-refractivity contribution in [1.82, 2.24) is 10.3 Å². The predicted octanol–water partition coefficient (Wildman–Crippen LogP) is 1.89. The molecule has 100 valence electrons. The van der Waals surface area contributed by atoms with Crippen molar-refractivity contribution >= 4 is 23.2 Å². The Bertz CT molecular complexity index is 448. The molecule has 0 fully saturated rings. The lowest BCUT2D eigenvalue weighted by molar-refractivity contribution is -0.140. The molecule has 5 nitrogen and oxygen atoms in total. The molecule has 1 rings (SSSR count). The summed E-state index contributed by atoms with van der Waals surface area (Å²) in [5.74, 6) is -1.77. The third-order valence-corrected chi connectivity index (χ3v) is 3.30. The monoisotopic (exact) mass is 270 g/mol. The maximum Gasteiger partial charge on any atom is 0.308 e. The van der Waals surface area contributed by atoms with Crippen LogP contribution in [0, 0.1) is 5.92 Å². The number of aromatic nitrogens is 1. The van der Waals surface area contributed by atoms with Gasteiger partial charge in [-0.05, 0) is 0 Å². The van der Waals surface area contributed by atoms with E-state index in [-0.39, 0.29) is 17.9 Å². The number of nitrogens with one attached hydrogen (secondary N) is 1. The third kappa shape index (κ3) is 3.53. The van der Waals surface area contributed by atoms with Gasteiger partial charge >= 0.3 is 5.97 Å². The normalized spacial score (nSPS) is 13.1. The number of carbonyl (C=O) groups is 2. The molecule has 0 bridgehead atoms. The number of hydrogen-bond acceptors (Lipinski definition) is 4. The van der Waals surface area contributed by atoms with Gasteiger partial charge in [-0.15, -0.1) is 11.3 Å². The molecule has 0 unspecified atom stereocenters. The van der Waals surface area contributed by atoms with Crippen LogP contribution in [0.4, 0.5) is 0 Å². The summed E-state index contributed by atoms with van der Waals surface area (Å²) in [6, 6.07) is 0. The van der Waals surface area contributed by atoms with E-state index in [9.17, 15) is 9.59 Å². The van der Waals surface area contributed by atoms with Crippen LogP contribution in [0.5, 0.6) is 0 Å². The van der Waals surface area contributed by atoms with Crippen molar-refractivity contribution in [2.75, 3.05) is 6.54 Å². The minimum absolute atomic E-state index is 0.121. The van der Waals surface area contributed by atoms with Gasteiger partial charge in [-0.2, -0.15) is 0 Å². The van der Waals surface area contributed by atoms with E-state index in [2.05, 4.69) is 10.3 Å². The number of carbonyl (C=O) groups excluding carboxylic acids is 1. The fourth-order valence-corrected chi connectivity index (χ4v) is 2.27. The van der Waals surface area contributed by atoms with E-state index in [1.54, 1.807) is 12.4 Å². The van der Waals surface area contributed by atoms with Crippen LogP contribution in [0.1, 0.15) is 43.1 Å². The Morgan fingerprint density at radius 1 is 1.50 bits per heavy atom. The summed E-state index contributed by atoms with van der Waals surface area (Å²) in [5.41, 5.74) is 2.18. The van der Waals surface area contributed by atoms with Gasteiger partial charge in [-0.25, -0.2) is 4.98 Å². The van der Waals surface area contributed by atoms with Crippen LogP contribution in [0.25, 0.3) is 0 Å². The summed E-state index contributed by atoms with van der Waals surface area (Å²) in [5, 5.41) is 11.4. The van der Waals surface area contributed by atoms with Crippen LogP contribution in [0.2, 0.25) is 0 Å². The second kappa shape index (κ2) is 5.48. The van der Waals surface area contributed by atoms with E-state index in [0.29, 0.717) is 4.88 Å². The highest BCUT2D eigenvalue weighted by Crippen LogP contribution is 2.26. The quantitative estimate of drug-likeness (QED) is 0.875. The molecule has 0 saturated heterocycles. The highest BCUT2D eigenvalue weighted by atomic mass is 32.1. The van der Waals surface area contributed by atoms with Crippen LogP contribution in [-0.4, -0.2) is 28.5 Å². The van der Waals surface area contributed by atoms with Crippen molar-refractivity contribution in [1.29, 1.82) is 0 Å². The van der Waals surface area contributed by atoms with Crippen LogP contribution < -0.4 is 5.32 Å². The molecule has 0 aromatic carbocycles. The molecule has 0 aliphatic rings. The minimum atomic E-state index is -0.921. The zero-order chi connectivity index (χ0) is 13.9. The number of aliphatic carboxylic acids is 1. The highest BCUT2D eigenvalue weighted by molar-refractivity contribution is 7.11. The molecule has 1 amide bonds. The first kappa shape index (κ1) is 14.6. The van der Waals surface area contributed by atoms with Gasteiger partial charge in [-0.3, -0.25) is 9.59 Å². The number of nitrogens with zero attached hydrogens (tertiary/aromatic N) is 1. The van der Waals surface area contributed by atoms with Gasteiger partial charge in [0.05, 0.1) is 17.1 Å². The molecule has 18 heavy (non-hydrogen) atoms. The molecule has 1 heterocycles. The molecule has 0 aliphatic carbocycles. The van der Waals surface area contributed by atoms with E-state index >= 15 is 0 Å². The number of hydrogen-bond donors (Lipinski definition) is 2. The Labute approximate surface area is 110 Å². The van der Waals surface area contributed by atoms with E-state index in [1.807, 2.05) is 20.8 Å². The molecular weight excluding hydrogens is 252 g/mol. The first-order valence-electron chi connectivity index (χ1n) is 5.68. The average molecular weight is 270 g/mol. The van der Waals surface area contributed by atoms with Crippen LogP contribution in [0.15, 0.2) is 5.51 Å². The number of carboxylic acids is 1. The second-order valence-corrected chi connectivity index (χ2v) is 6.08. The SMILES string of the molecule is C[C@@H](CNC(=O)c1scnc1C(C)(C)C)C(=O)O. The van der Waals surface area contributed by atoms with Crippen molar-refractivity contribution in [2.24, 2.45) is 5.92 Å². The molecule has 0 spiro atoms. The Morgan fingerprint density at radius 2 is 2.11 bits per heavy atom. The van der Waals surface area contributed by atoms with Gasteiger partial charge < -0.3 is 10.4 Å². The van der Waals surface area contributed by atoms with E-state index in [1.165, 1.54) is 11.3 Å². The standard InChI is InChI=1S/C12H18N2O3S/c1-7(11(16)17)5-13-10(15)8-9(12(2,3)4)14-6-18-8/h6-7H,5H2,1-4H3,(H,13,15)(H,16,17)/t7-/m0/s1. The minimum Gasteiger partial charge on any atom is -0.481 e. The maximum absolute atomic E-state index is 12.0. The van der Waals surface area contributed by atoms with E-state index in [4.69, 9.17) is 5.11 Å². The second-order valence-electron chi connectivity index (χ2n) is 5.23. The zero-order valence-electron chi connectivity index (χ0n) is 11.0. The van der Waals surface area contributed by atoms with Crippen LogP contribution >= 0.6 is 11.3 Å². The van der Waals surface area contributed by atoms with Crippen molar-refractivity contribution in [3.05, 3.63) is 16.1 Å². The third-order valence-electron chi connectivity index (χ3n) is 2.47. The lowest BCUT2D eigenvalue weighted by atomic mass is 9.91. The summed E-state index contributed by atoms with van der Waals surface area (Å²) < 4.78 is 0. The van der Waals surface area contributed by atoms with E-state index in [0.717, 1.165) is 5.69 Å². The van der Waals surface area contributed by atoms with Crippen LogP contribution in [-0.2, 0) is 10.2 Å². The Hall–Kier alpha value is -1.43. The van der Waals surface area contributed by atoms with E-state index < -0.39 is 11.9 Å². The average Bonchev–Trinajstić information content (AvgIpc) is 2.73. The van der Waals surface area contributed by atoms with Crippen molar-refractivity contribution in [3.8, 4) is 0 Å². The lowest BCUT2D eigenvalue weighted by Crippen LogP contribution is -2.32. The fraction of sp³-hybridized carbons (Fsp3) is 0.583. The molecule has 1 aromatic rings. The summed E-state index contributed by atoms with van der Waals surface area (Å²) >= 11 is 1.27. The zero-order valence-corrected chi connectivity index (χ0v) is 11.8. The summed E-state index contributed by atoms with van der Waals surface area (Å²) in [6.07, 6.45) is 0. The molecule has 6 heteroatoms. The predicted molar refractivity (Wildman–Crippen MR) is 69.9 cm³/mol. The first-order valence-corrected chi connectivity index (χ1v) is 6.56. The van der Waals surface area contributed by atoms with Crippen LogP contribution in [0.3, 0.4) is 0 Å².